The van der Waals surface area contributed by atoms with Crippen molar-refractivity contribution in [1.82, 2.24) is 15.1 Å². The van der Waals surface area contributed by atoms with E-state index >= 15 is 0 Å². The molecule has 3 rings (SSSR count). The molecule has 222 valence electrons. The Labute approximate surface area is 241 Å². The van der Waals surface area contributed by atoms with Gasteiger partial charge in [0.15, 0.2) is 5.69 Å². The molecule has 1 atom stereocenters. The first-order valence-corrected chi connectivity index (χ1v) is 14.7. The molecule has 2 aromatic carbocycles. The third-order valence-electron chi connectivity index (χ3n) is 5.90. The van der Waals surface area contributed by atoms with Crippen LogP contribution in [0.2, 0.25) is 0 Å². The molecule has 3 aromatic rings. The van der Waals surface area contributed by atoms with Crippen LogP contribution in [0.5, 0.6) is 0 Å². The fraction of sp³-hybridized carbons (Fsp3) is 0.370. The second-order valence-corrected chi connectivity index (χ2v) is 11.3. The van der Waals surface area contributed by atoms with Gasteiger partial charge < -0.3 is 10.6 Å². The molecular weight excluding hydrogens is 590 g/mol. The molecule has 0 saturated carbocycles. The number of carbonyl (C=O) groups excluding carboxylic acids is 2. The predicted octanol–water partition coefficient (Wildman–Crippen LogP) is 7.12. The molecule has 0 unspecified atom stereocenters. The maximum Gasteiger partial charge on any atom is 0.435 e. The third-order valence-corrected chi connectivity index (χ3v) is 7.82. The van der Waals surface area contributed by atoms with Crippen molar-refractivity contribution in [3.05, 3.63) is 76.1 Å². The van der Waals surface area contributed by atoms with E-state index in [1.165, 1.54) is 36.0 Å². The predicted molar refractivity (Wildman–Crippen MR) is 149 cm³/mol. The molecule has 0 radical (unpaired) electrons. The summed E-state index contributed by atoms with van der Waals surface area (Å²) >= 11 is 2.99. The van der Waals surface area contributed by atoms with Crippen molar-refractivity contribution in [3.8, 4) is 0 Å². The zero-order chi connectivity index (χ0) is 30.5. The largest absolute Gasteiger partial charge is 0.435 e. The van der Waals surface area contributed by atoms with E-state index in [0.717, 1.165) is 5.75 Å². The van der Waals surface area contributed by atoms with Crippen LogP contribution >= 0.6 is 23.5 Å². The normalized spacial score (nSPS) is 12.7. The van der Waals surface area contributed by atoms with Gasteiger partial charge in [0.05, 0.1) is 17.7 Å². The first-order chi connectivity index (χ1) is 19.1. The van der Waals surface area contributed by atoms with E-state index in [-0.39, 0.29) is 33.5 Å². The fourth-order valence-electron chi connectivity index (χ4n) is 3.99. The van der Waals surface area contributed by atoms with Gasteiger partial charge in [-0.05, 0) is 55.2 Å². The summed E-state index contributed by atoms with van der Waals surface area (Å²) in [7, 11) is 0. The van der Waals surface area contributed by atoms with E-state index in [4.69, 9.17) is 0 Å². The summed E-state index contributed by atoms with van der Waals surface area (Å²) in [4.78, 5) is 27.1. The van der Waals surface area contributed by atoms with E-state index in [1.807, 2.05) is 13.8 Å². The van der Waals surface area contributed by atoms with Gasteiger partial charge in [-0.1, -0.05) is 25.1 Å². The lowest BCUT2D eigenvalue weighted by atomic mass is 10.0. The van der Waals surface area contributed by atoms with Gasteiger partial charge in [0.25, 0.3) is 11.8 Å². The Morgan fingerprint density at radius 3 is 2.32 bits per heavy atom. The van der Waals surface area contributed by atoms with E-state index in [9.17, 15) is 35.9 Å². The molecule has 41 heavy (non-hydrogen) atoms. The van der Waals surface area contributed by atoms with E-state index in [0.29, 0.717) is 21.9 Å². The number of hydrogen-bond donors (Lipinski definition) is 2. The van der Waals surface area contributed by atoms with Crippen LogP contribution in [0.1, 0.15) is 57.1 Å². The lowest BCUT2D eigenvalue weighted by Gasteiger charge is -2.18. The van der Waals surface area contributed by atoms with Crippen LogP contribution < -0.4 is 10.6 Å². The van der Waals surface area contributed by atoms with Crippen molar-refractivity contribution in [2.24, 2.45) is 0 Å². The molecule has 0 aliphatic heterocycles. The summed E-state index contributed by atoms with van der Waals surface area (Å²) in [5.74, 6) is 0.637. The minimum absolute atomic E-state index is 0.0265. The van der Waals surface area contributed by atoms with Crippen LogP contribution in [0.15, 0.2) is 47.4 Å². The van der Waals surface area contributed by atoms with Crippen LogP contribution in [0.3, 0.4) is 0 Å². The molecule has 0 spiro atoms. The summed E-state index contributed by atoms with van der Waals surface area (Å²) in [5, 5.41) is 8.77. The number of nitrogens with one attached hydrogen (secondary N) is 2. The molecule has 0 saturated heterocycles. The topological polar surface area (TPSA) is 76.0 Å². The number of benzene rings is 2. The lowest BCUT2D eigenvalue weighted by Crippen LogP contribution is -2.36. The molecule has 6 nitrogen and oxygen atoms in total. The van der Waals surface area contributed by atoms with Gasteiger partial charge in [0.1, 0.15) is 5.69 Å². The highest BCUT2D eigenvalue weighted by atomic mass is 32.2. The number of rotatable bonds is 10. The maximum atomic E-state index is 13.4. The quantitative estimate of drug-likeness (QED) is 0.187. The second kappa shape index (κ2) is 13.2. The number of nitrogens with zero attached hydrogens (tertiary/aromatic N) is 2. The third kappa shape index (κ3) is 8.22. The summed E-state index contributed by atoms with van der Waals surface area (Å²) in [6.07, 6.45) is -8.29. The Bertz CT molecular complexity index is 1410. The molecule has 0 aliphatic carbocycles. The first-order valence-electron chi connectivity index (χ1n) is 12.3. The number of anilines is 1. The molecule has 1 aromatic heterocycles. The molecular formula is C27H28F6N4O2S2. The Hall–Kier alpha value is -3.13. The van der Waals surface area contributed by atoms with Crippen molar-refractivity contribution < 1.29 is 35.9 Å². The van der Waals surface area contributed by atoms with E-state index in [2.05, 4.69) is 15.7 Å². The lowest BCUT2D eigenvalue weighted by molar-refractivity contribution is -0.144. The van der Waals surface area contributed by atoms with Crippen molar-refractivity contribution in [3.63, 3.8) is 0 Å². The molecule has 2 N–H and O–H groups in total. The standard InChI is InChI=1S/C27H28F6N4O2S2/c1-5-41-14-16(3)34-25(39)23-18(7-6-8-20(23)40-4)24(38)35-19-10-9-17(11-15(19)2)13-37-22(27(31,32)33)12-21(36-37)26(28,29)30/h6-12,16H,5,13-14H2,1-4H3,(H,34,39)(H,35,38)/t16-/m0/s1. The highest BCUT2D eigenvalue weighted by molar-refractivity contribution is 7.99. The average molecular weight is 619 g/mol. The van der Waals surface area contributed by atoms with Crippen LogP contribution in [-0.4, -0.2) is 45.4 Å². The molecule has 0 aliphatic rings. The number of amides is 2. The zero-order valence-electron chi connectivity index (χ0n) is 22.5. The minimum atomic E-state index is -5.04. The number of aromatic nitrogens is 2. The van der Waals surface area contributed by atoms with Gasteiger partial charge >= 0.3 is 12.4 Å². The average Bonchev–Trinajstić information content (AvgIpc) is 3.33. The second-order valence-electron chi connectivity index (χ2n) is 9.09. The Kier molecular flexibility index (Phi) is 10.5. The van der Waals surface area contributed by atoms with Gasteiger partial charge in [-0.3, -0.25) is 14.3 Å². The van der Waals surface area contributed by atoms with Gasteiger partial charge in [-0.15, -0.1) is 11.8 Å². The van der Waals surface area contributed by atoms with Crippen LogP contribution in [-0.2, 0) is 18.9 Å². The highest BCUT2D eigenvalue weighted by Gasteiger charge is 2.41. The molecule has 14 heteroatoms. The smallest absolute Gasteiger partial charge is 0.349 e. The number of halogens is 6. The van der Waals surface area contributed by atoms with E-state index < -0.39 is 42.1 Å². The number of thioether (sulfide) groups is 2. The number of carbonyl (C=O) groups is 2. The molecule has 2 amide bonds. The monoisotopic (exact) mass is 618 g/mol. The van der Waals surface area contributed by atoms with E-state index in [1.54, 1.807) is 37.1 Å². The maximum absolute atomic E-state index is 13.4. The first kappa shape index (κ1) is 32.4. The summed E-state index contributed by atoms with van der Waals surface area (Å²) in [6.45, 7) is 4.90. The summed E-state index contributed by atoms with van der Waals surface area (Å²) in [5.41, 5.74) is -1.80. The van der Waals surface area contributed by atoms with Gasteiger partial charge in [0.2, 0.25) is 0 Å². The minimum Gasteiger partial charge on any atom is -0.349 e. The summed E-state index contributed by atoms with van der Waals surface area (Å²) in [6, 6.07) is 9.02. The van der Waals surface area contributed by atoms with Crippen molar-refractivity contribution in [2.75, 3.05) is 23.1 Å². The highest BCUT2D eigenvalue weighted by Crippen LogP contribution is 2.35. The molecule has 0 bridgehead atoms. The van der Waals surface area contributed by atoms with Crippen LogP contribution in [0, 0.1) is 6.92 Å². The van der Waals surface area contributed by atoms with Crippen molar-refractivity contribution >= 4 is 41.0 Å². The Morgan fingerprint density at radius 1 is 1.02 bits per heavy atom. The van der Waals surface area contributed by atoms with Crippen molar-refractivity contribution in [2.45, 2.75) is 50.6 Å². The van der Waals surface area contributed by atoms with Gasteiger partial charge in [0, 0.05) is 28.4 Å². The Balaban J connectivity index is 1.85. The van der Waals surface area contributed by atoms with Crippen molar-refractivity contribution in [1.29, 1.82) is 0 Å². The molecule has 1 heterocycles. The summed E-state index contributed by atoms with van der Waals surface area (Å²) < 4.78 is 79.4. The Morgan fingerprint density at radius 2 is 1.73 bits per heavy atom. The number of aryl methyl sites for hydroxylation is 1. The fourth-order valence-corrected chi connectivity index (χ4v) is 5.28. The molecule has 0 fully saturated rings. The van der Waals surface area contributed by atoms with Crippen LogP contribution in [0.25, 0.3) is 0 Å². The van der Waals surface area contributed by atoms with Crippen LogP contribution in [0.4, 0.5) is 32.0 Å². The zero-order valence-corrected chi connectivity index (χ0v) is 24.2. The van der Waals surface area contributed by atoms with Gasteiger partial charge in [-0.2, -0.15) is 43.2 Å². The number of hydrogen-bond acceptors (Lipinski definition) is 5. The van der Waals surface area contributed by atoms with Gasteiger partial charge in [-0.25, -0.2) is 0 Å². The number of alkyl halides is 6. The SMILES string of the molecule is CCSC[C@H](C)NC(=O)c1c(SC)cccc1C(=O)Nc1ccc(Cn2nc(C(F)(F)F)cc2C(F)(F)F)cc1C.